The summed E-state index contributed by atoms with van der Waals surface area (Å²) in [5.41, 5.74) is 0.814. The summed E-state index contributed by atoms with van der Waals surface area (Å²) in [6, 6.07) is 7.30. The van der Waals surface area contributed by atoms with E-state index in [2.05, 4.69) is 0 Å². The Hall–Kier alpha value is -2.34. The zero-order chi connectivity index (χ0) is 14.6. The summed E-state index contributed by atoms with van der Waals surface area (Å²) >= 11 is 0. The van der Waals surface area contributed by atoms with Crippen LogP contribution in [0.15, 0.2) is 33.9 Å². The van der Waals surface area contributed by atoms with Crippen molar-refractivity contribution in [3.8, 4) is 0 Å². The molecule has 6 nitrogen and oxygen atoms in total. The van der Waals surface area contributed by atoms with E-state index in [1.165, 1.54) is 11.6 Å². The SMILES string of the molecule is CN1c2ccccc2[C@H](O)c2c1n(C)c(=O)n(C)c2=O. The van der Waals surface area contributed by atoms with Gasteiger partial charge in [0.05, 0.1) is 5.56 Å². The van der Waals surface area contributed by atoms with Gasteiger partial charge in [0, 0.05) is 32.4 Å². The maximum atomic E-state index is 12.3. The summed E-state index contributed by atoms with van der Waals surface area (Å²) in [6.07, 6.45) is -1.03. The molecular weight excluding hydrogens is 258 g/mol. The average Bonchev–Trinajstić information content (AvgIpc) is 2.46. The largest absolute Gasteiger partial charge is 0.383 e. The second kappa shape index (κ2) is 4.08. The van der Waals surface area contributed by atoms with Gasteiger partial charge in [0.15, 0.2) is 0 Å². The Labute approximate surface area is 115 Å². The van der Waals surface area contributed by atoms with Gasteiger partial charge in [-0.25, -0.2) is 4.79 Å². The van der Waals surface area contributed by atoms with E-state index in [0.29, 0.717) is 11.4 Å². The molecule has 0 saturated heterocycles. The first-order chi connectivity index (χ1) is 9.45. The minimum Gasteiger partial charge on any atom is -0.383 e. The van der Waals surface area contributed by atoms with Crippen molar-refractivity contribution in [1.29, 1.82) is 0 Å². The fourth-order valence-electron chi connectivity index (χ4n) is 2.80. The molecule has 0 aliphatic carbocycles. The summed E-state index contributed by atoms with van der Waals surface area (Å²) in [5.74, 6) is 0.435. The minimum absolute atomic E-state index is 0.232. The molecule has 104 valence electrons. The van der Waals surface area contributed by atoms with Crippen molar-refractivity contribution in [2.24, 2.45) is 14.1 Å². The maximum Gasteiger partial charge on any atom is 0.332 e. The lowest BCUT2D eigenvalue weighted by atomic mass is 9.96. The molecule has 1 N–H and O–H groups in total. The highest BCUT2D eigenvalue weighted by Gasteiger charge is 2.32. The topological polar surface area (TPSA) is 67.5 Å². The van der Waals surface area contributed by atoms with E-state index in [4.69, 9.17) is 0 Å². The lowest BCUT2D eigenvalue weighted by Crippen LogP contribution is -2.44. The third kappa shape index (κ3) is 1.42. The highest BCUT2D eigenvalue weighted by atomic mass is 16.3. The number of para-hydroxylation sites is 1. The summed E-state index contributed by atoms with van der Waals surface area (Å²) < 4.78 is 2.40. The molecular formula is C14H15N3O3. The molecule has 0 fully saturated rings. The fraction of sp³-hybridized carbons (Fsp3) is 0.286. The number of benzene rings is 1. The first-order valence-electron chi connectivity index (χ1n) is 6.25. The van der Waals surface area contributed by atoms with Gasteiger partial charge in [-0.05, 0) is 6.07 Å². The van der Waals surface area contributed by atoms with E-state index in [1.807, 2.05) is 18.2 Å². The van der Waals surface area contributed by atoms with E-state index in [-0.39, 0.29) is 5.56 Å². The van der Waals surface area contributed by atoms with Crippen LogP contribution < -0.4 is 16.1 Å². The average molecular weight is 273 g/mol. The van der Waals surface area contributed by atoms with E-state index in [0.717, 1.165) is 10.3 Å². The molecule has 6 heteroatoms. The number of aliphatic hydroxyl groups excluding tert-OH is 1. The van der Waals surface area contributed by atoms with Crippen LogP contribution in [-0.2, 0) is 14.1 Å². The lowest BCUT2D eigenvalue weighted by Gasteiger charge is -2.33. The van der Waals surface area contributed by atoms with Crippen LogP contribution in [0.1, 0.15) is 17.2 Å². The number of anilines is 2. The third-order valence-corrected chi connectivity index (χ3v) is 3.85. The van der Waals surface area contributed by atoms with Gasteiger partial charge in [0.25, 0.3) is 5.56 Å². The Kier molecular flexibility index (Phi) is 2.58. The second-order valence-electron chi connectivity index (χ2n) is 4.96. The molecule has 1 aromatic heterocycles. The van der Waals surface area contributed by atoms with Gasteiger partial charge in [0.2, 0.25) is 0 Å². The van der Waals surface area contributed by atoms with Crippen LogP contribution in [0.2, 0.25) is 0 Å². The molecule has 3 rings (SSSR count). The van der Waals surface area contributed by atoms with Crippen LogP contribution in [0.4, 0.5) is 11.5 Å². The van der Waals surface area contributed by atoms with Gasteiger partial charge in [-0.2, -0.15) is 0 Å². The molecule has 0 unspecified atom stereocenters. The molecule has 0 amide bonds. The molecule has 2 aromatic rings. The number of nitrogens with zero attached hydrogens (tertiary/aromatic N) is 3. The molecule has 0 radical (unpaired) electrons. The Bertz CT molecular complexity index is 819. The molecule has 0 saturated carbocycles. The van der Waals surface area contributed by atoms with Crippen LogP contribution in [0.3, 0.4) is 0 Å². The summed E-state index contributed by atoms with van der Waals surface area (Å²) in [6.45, 7) is 0. The minimum atomic E-state index is -1.03. The highest BCUT2D eigenvalue weighted by molar-refractivity contribution is 5.72. The first kappa shape index (κ1) is 12.7. The maximum absolute atomic E-state index is 12.3. The third-order valence-electron chi connectivity index (χ3n) is 3.85. The van der Waals surface area contributed by atoms with E-state index in [9.17, 15) is 14.7 Å². The number of rotatable bonds is 0. The zero-order valence-electron chi connectivity index (χ0n) is 11.5. The van der Waals surface area contributed by atoms with Crippen molar-refractivity contribution >= 4 is 11.5 Å². The molecule has 1 aliphatic heterocycles. The normalized spacial score (nSPS) is 16.8. The van der Waals surface area contributed by atoms with Crippen LogP contribution >= 0.6 is 0 Å². The van der Waals surface area contributed by atoms with Crippen molar-refractivity contribution in [3.05, 3.63) is 56.2 Å². The van der Waals surface area contributed by atoms with Crippen molar-refractivity contribution in [2.75, 3.05) is 11.9 Å². The molecule has 20 heavy (non-hydrogen) atoms. The first-order valence-corrected chi connectivity index (χ1v) is 6.25. The van der Waals surface area contributed by atoms with Crippen molar-refractivity contribution in [2.45, 2.75) is 6.10 Å². The number of hydrogen-bond donors (Lipinski definition) is 1. The van der Waals surface area contributed by atoms with Gasteiger partial charge < -0.3 is 10.0 Å². The summed E-state index contributed by atoms with van der Waals surface area (Å²) in [4.78, 5) is 26.1. The van der Waals surface area contributed by atoms with Crippen LogP contribution in [0, 0.1) is 0 Å². The Morgan fingerprint density at radius 1 is 1.05 bits per heavy atom. The molecule has 1 aliphatic rings. The van der Waals surface area contributed by atoms with Crippen molar-refractivity contribution in [1.82, 2.24) is 9.13 Å². The van der Waals surface area contributed by atoms with E-state index in [1.54, 1.807) is 25.1 Å². The van der Waals surface area contributed by atoms with E-state index >= 15 is 0 Å². The molecule has 0 bridgehead atoms. The molecule has 1 aromatic carbocycles. The summed E-state index contributed by atoms with van der Waals surface area (Å²) in [5, 5.41) is 10.5. The quantitative estimate of drug-likeness (QED) is 0.747. The monoisotopic (exact) mass is 273 g/mol. The number of hydrogen-bond acceptors (Lipinski definition) is 4. The summed E-state index contributed by atoms with van der Waals surface area (Å²) in [7, 11) is 4.79. The van der Waals surface area contributed by atoms with Crippen LogP contribution in [0.5, 0.6) is 0 Å². The standard InChI is InChI=1S/C14H15N3O3/c1-15-9-7-5-4-6-8(9)11(18)10-12(15)16(2)14(20)17(3)13(10)19/h4-7,11,18H,1-3H3/t11-/m0/s1. The predicted molar refractivity (Wildman–Crippen MR) is 75.5 cm³/mol. The number of aliphatic hydroxyl groups is 1. The Balaban J connectivity index is 2.45. The number of aromatic nitrogens is 2. The zero-order valence-corrected chi connectivity index (χ0v) is 11.5. The molecule has 2 heterocycles. The van der Waals surface area contributed by atoms with Gasteiger partial charge in [-0.3, -0.25) is 13.9 Å². The van der Waals surface area contributed by atoms with Crippen LogP contribution in [0.25, 0.3) is 0 Å². The van der Waals surface area contributed by atoms with Crippen molar-refractivity contribution < 1.29 is 5.11 Å². The second-order valence-corrected chi connectivity index (χ2v) is 4.96. The Morgan fingerprint density at radius 2 is 1.70 bits per heavy atom. The number of fused-ring (bicyclic) bond motifs is 2. The molecule has 0 spiro atoms. The van der Waals surface area contributed by atoms with Gasteiger partial charge >= 0.3 is 5.69 Å². The molecule has 1 atom stereocenters. The van der Waals surface area contributed by atoms with Gasteiger partial charge in [-0.1, -0.05) is 18.2 Å². The van der Waals surface area contributed by atoms with Gasteiger partial charge in [0.1, 0.15) is 11.9 Å². The van der Waals surface area contributed by atoms with Crippen LogP contribution in [-0.4, -0.2) is 21.3 Å². The fourth-order valence-corrected chi connectivity index (χ4v) is 2.80. The Morgan fingerprint density at radius 3 is 2.40 bits per heavy atom. The highest BCUT2D eigenvalue weighted by Crippen LogP contribution is 2.40. The van der Waals surface area contributed by atoms with Gasteiger partial charge in [-0.15, -0.1) is 0 Å². The van der Waals surface area contributed by atoms with Crippen molar-refractivity contribution in [3.63, 3.8) is 0 Å². The predicted octanol–water partition coefficient (Wildman–Crippen LogP) is 0.247. The lowest BCUT2D eigenvalue weighted by molar-refractivity contribution is 0.215. The van der Waals surface area contributed by atoms with E-state index < -0.39 is 17.4 Å². The smallest absolute Gasteiger partial charge is 0.332 e.